The first-order valence-corrected chi connectivity index (χ1v) is 10.1. The first-order chi connectivity index (χ1) is 14.8. The summed E-state index contributed by atoms with van der Waals surface area (Å²) in [7, 11) is 5.25. The van der Waals surface area contributed by atoms with Gasteiger partial charge in [-0.25, -0.2) is 9.37 Å². The van der Waals surface area contributed by atoms with Crippen molar-refractivity contribution in [1.29, 1.82) is 0 Å². The molecular weight excluding hydrogens is 419 g/mol. The van der Waals surface area contributed by atoms with Crippen LogP contribution >= 0.6 is 11.6 Å². The molecule has 0 unspecified atom stereocenters. The van der Waals surface area contributed by atoms with Crippen molar-refractivity contribution in [2.24, 2.45) is 0 Å². The minimum Gasteiger partial charge on any atom is -0.481 e. The number of benzene rings is 2. The lowest BCUT2D eigenvalue weighted by molar-refractivity contribution is 0.0983. The summed E-state index contributed by atoms with van der Waals surface area (Å²) in [5, 5.41) is 0.463. The normalized spacial score (nSPS) is 13.3. The Kier molecular flexibility index (Phi) is 5.45. The van der Waals surface area contributed by atoms with E-state index < -0.39 is 0 Å². The number of anilines is 4. The van der Waals surface area contributed by atoms with Crippen molar-refractivity contribution in [3.8, 4) is 5.88 Å². The number of hydrogen-bond donors (Lipinski definition) is 0. The lowest BCUT2D eigenvalue weighted by Gasteiger charge is -2.39. The molecule has 0 N–H and O–H groups in total. The van der Waals surface area contributed by atoms with Crippen molar-refractivity contribution in [3.05, 3.63) is 70.6 Å². The van der Waals surface area contributed by atoms with E-state index in [4.69, 9.17) is 16.3 Å². The maximum atomic E-state index is 14.0. The van der Waals surface area contributed by atoms with Gasteiger partial charge in [0.2, 0.25) is 5.88 Å². The number of ether oxygens (including phenoxy) is 1. The fraction of sp³-hybridized carbons (Fsp3) is 0.217. The highest BCUT2D eigenvalue weighted by Crippen LogP contribution is 2.41. The molecule has 0 fully saturated rings. The molecule has 0 saturated heterocycles. The Balaban J connectivity index is 1.89. The van der Waals surface area contributed by atoms with Crippen LogP contribution in [0.15, 0.2) is 48.5 Å². The fourth-order valence-corrected chi connectivity index (χ4v) is 3.92. The number of aryl methyl sites for hydroxylation is 1. The van der Waals surface area contributed by atoms with Gasteiger partial charge in [-0.1, -0.05) is 11.6 Å². The van der Waals surface area contributed by atoms with Crippen LogP contribution in [0.3, 0.4) is 0 Å². The number of carbonyl (C=O) groups excluding carboxylic acids is 1. The number of hydrogen-bond acceptors (Lipinski definition) is 5. The molecule has 1 aliphatic heterocycles. The minimum atomic E-state index is -0.330. The van der Waals surface area contributed by atoms with Gasteiger partial charge in [-0.15, -0.1) is 0 Å². The van der Waals surface area contributed by atoms with Crippen LogP contribution < -0.4 is 19.4 Å². The summed E-state index contributed by atoms with van der Waals surface area (Å²) >= 11 is 6.23. The Labute approximate surface area is 185 Å². The minimum absolute atomic E-state index is 0.183. The lowest BCUT2D eigenvalue weighted by atomic mass is 10.1. The third-order valence-corrected chi connectivity index (χ3v) is 5.49. The number of nitrogens with zero attached hydrogens (tertiary/aromatic N) is 4. The number of fused-ring (bicyclic) bond motifs is 1. The molecule has 8 heteroatoms. The SMILES string of the molecule is COc1ccc(N2CN(c3ccc(F)cc3N(C)C)c3ccc(Cl)cc3C2=O)c(C)n1. The molecule has 4 rings (SSSR count). The Hall–Kier alpha value is -3.32. The molecule has 2 heterocycles. The quantitative estimate of drug-likeness (QED) is 0.570. The third kappa shape index (κ3) is 3.77. The number of carbonyl (C=O) groups is 1. The highest BCUT2D eigenvalue weighted by molar-refractivity contribution is 6.31. The second kappa shape index (κ2) is 8.07. The summed E-state index contributed by atoms with van der Waals surface area (Å²) in [6, 6.07) is 13.4. The van der Waals surface area contributed by atoms with Gasteiger partial charge < -0.3 is 14.5 Å². The Morgan fingerprint density at radius 1 is 1.03 bits per heavy atom. The summed E-state index contributed by atoms with van der Waals surface area (Å²) in [4.78, 5) is 23.3. The zero-order valence-corrected chi connectivity index (χ0v) is 18.4. The van der Waals surface area contributed by atoms with Gasteiger partial charge in [-0.3, -0.25) is 9.69 Å². The molecule has 1 aromatic heterocycles. The fourth-order valence-electron chi connectivity index (χ4n) is 3.75. The first kappa shape index (κ1) is 20.9. The predicted molar refractivity (Wildman–Crippen MR) is 122 cm³/mol. The van der Waals surface area contributed by atoms with Gasteiger partial charge in [0.25, 0.3) is 5.91 Å². The van der Waals surface area contributed by atoms with E-state index in [0.717, 1.165) is 5.69 Å². The molecule has 0 aliphatic carbocycles. The Bertz CT molecular complexity index is 1170. The molecule has 6 nitrogen and oxygen atoms in total. The van der Waals surface area contributed by atoms with E-state index in [9.17, 15) is 9.18 Å². The number of methoxy groups -OCH3 is 1. The molecule has 160 valence electrons. The maximum Gasteiger partial charge on any atom is 0.261 e. The van der Waals surface area contributed by atoms with Gasteiger partial charge in [0.15, 0.2) is 0 Å². The predicted octanol–water partition coefficient (Wildman–Crippen LogP) is 5.01. The van der Waals surface area contributed by atoms with E-state index in [2.05, 4.69) is 4.98 Å². The van der Waals surface area contributed by atoms with Gasteiger partial charge >= 0.3 is 0 Å². The van der Waals surface area contributed by atoms with Crippen LogP contribution in [-0.4, -0.2) is 38.8 Å². The molecule has 0 radical (unpaired) electrons. The highest BCUT2D eigenvalue weighted by atomic mass is 35.5. The molecule has 0 atom stereocenters. The van der Waals surface area contributed by atoms with Crippen molar-refractivity contribution in [1.82, 2.24) is 4.98 Å². The highest BCUT2D eigenvalue weighted by Gasteiger charge is 2.33. The van der Waals surface area contributed by atoms with Crippen LogP contribution in [0.25, 0.3) is 0 Å². The largest absolute Gasteiger partial charge is 0.481 e. The Morgan fingerprint density at radius 3 is 2.42 bits per heavy atom. The average molecular weight is 441 g/mol. The van der Waals surface area contributed by atoms with E-state index in [1.54, 1.807) is 36.3 Å². The van der Waals surface area contributed by atoms with Crippen LogP contribution in [0.4, 0.5) is 27.1 Å². The monoisotopic (exact) mass is 440 g/mol. The summed E-state index contributed by atoms with van der Waals surface area (Å²) in [6.45, 7) is 2.06. The van der Waals surface area contributed by atoms with E-state index >= 15 is 0 Å². The zero-order chi connectivity index (χ0) is 22.3. The second-order valence-corrected chi connectivity index (χ2v) is 7.89. The molecule has 0 spiro atoms. The molecule has 1 amide bonds. The number of halogens is 2. The molecule has 3 aromatic rings. The molecule has 31 heavy (non-hydrogen) atoms. The van der Waals surface area contributed by atoms with Gasteiger partial charge in [-0.05, 0) is 49.4 Å². The molecular formula is C23H22ClFN4O2. The van der Waals surface area contributed by atoms with Crippen LogP contribution in [0.5, 0.6) is 5.88 Å². The topological polar surface area (TPSA) is 48.9 Å². The molecule has 0 saturated carbocycles. The van der Waals surface area contributed by atoms with E-state index in [1.165, 1.54) is 12.1 Å². The second-order valence-electron chi connectivity index (χ2n) is 7.45. The van der Waals surface area contributed by atoms with Crippen LogP contribution in [0.1, 0.15) is 16.1 Å². The maximum absolute atomic E-state index is 14.0. The number of amides is 1. The zero-order valence-electron chi connectivity index (χ0n) is 17.7. The average Bonchev–Trinajstić information content (AvgIpc) is 2.74. The number of rotatable bonds is 4. The number of aromatic nitrogens is 1. The van der Waals surface area contributed by atoms with Crippen LogP contribution in [0, 0.1) is 12.7 Å². The summed E-state index contributed by atoms with van der Waals surface area (Å²) < 4.78 is 19.2. The van der Waals surface area contributed by atoms with Crippen LogP contribution in [-0.2, 0) is 0 Å². The van der Waals surface area contributed by atoms with Crippen LogP contribution in [0.2, 0.25) is 5.02 Å². The molecule has 2 aromatic carbocycles. The first-order valence-electron chi connectivity index (χ1n) is 9.67. The summed E-state index contributed by atoms with van der Waals surface area (Å²) in [5.41, 5.74) is 3.95. The molecule has 1 aliphatic rings. The van der Waals surface area contributed by atoms with E-state index in [1.807, 2.05) is 43.0 Å². The van der Waals surface area contributed by atoms with E-state index in [-0.39, 0.29) is 18.4 Å². The summed E-state index contributed by atoms with van der Waals surface area (Å²) in [6.07, 6.45) is 0. The Morgan fingerprint density at radius 2 is 1.74 bits per heavy atom. The van der Waals surface area contributed by atoms with Crippen molar-refractivity contribution in [3.63, 3.8) is 0 Å². The van der Waals surface area contributed by atoms with Gasteiger partial charge in [0.1, 0.15) is 12.5 Å². The van der Waals surface area contributed by atoms with Crippen molar-refractivity contribution in [2.45, 2.75) is 6.92 Å². The smallest absolute Gasteiger partial charge is 0.261 e. The number of pyridine rings is 1. The van der Waals surface area contributed by atoms with Crippen molar-refractivity contribution >= 4 is 40.3 Å². The van der Waals surface area contributed by atoms with Crippen molar-refractivity contribution < 1.29 is 13.9 Å². The van der Waals surface area contributed by atoms with E-state index in [0.29, 0.717) is 39.2 Å². The standard InChI is InChI=1S/C23H22ClFN4O2/c1-14-18(9-10-22(26-14)31-4)29-13-28(19-7-5-15(24)11-17(19)23(29)30)20-8-6-16(25)12-21(20)27(2)3/h5-12H,13H2,1-4H3. The van der Waals surface area contributed by atoms with Gasteiger partial charge in [0.05, 0.1) is 41.1 Å². The lowest BCUT2D eigenvalue weighted by Crippen LogP contribution is -2.45. The molecule has 0 bridgehead atoms. The summed E-state index contributed by atoms with van der Waals surface area (Å²) in [5.74, 6) is -0.0410. The van der Waals surface area contributed by atoms with Gasteiger partial charge in [-0.2, -0.15) is 0 Å². The third-order valence-electron chi connectivity index (χ3n) is 5.25. The van der Waals surface area contributed by atoms with Crippen molar-refractivity contribution in [2.75, 3.05) is 42.6 Å². The van der Waals surface area contributed by atoms with Gasteiger partial charge in [0, 0.05) is 25.2 Å².